The molecule has 2 rings (SSSR count). The highest BCUT2D eigenvalue weighted by molar-refractivity contribution is 9.10. The SMILES string of the molecule is CCC1CCCC(NC(C)c2ccccc2Br)CC1. The maximum atomic E-state index is 3.83. The van der Waals surface area contributed by atoms with Crippen molar-refractivity contribution in [2.45, 2.75) is 64.5 Å². The molecule has 1 N–H and O–H groups in total. The Hall–Kier alpha value is -0.340. The lowest BCUT2D eigenvalue weighted by molar-refractivity contribution is 0.399. The van der Waals surface area contributed by atoms with Gasteiger partial charge in [0.25, 0.3) is 0 Å². The van der Waals surface area contributed by atoms with Crippen LogP contribution in [-0.2, 0) is 0 Å². The van der Waals surface area contributed by atoms with E-state index in [9.17, 15) is 0 Å². The third kappa shape index (κ3) is 4.32. The van der Waals surface area contributed by atoms with Gasteiger partial charge in [0.1, 0.15) is 0 Å². The molecule has 1 aliphatic carbocycles. The first-order valence-electron chi connectivity index (χ1n) is 7.71. The minimum Gasteiger partial charge on any atom is -0.307 e. The summed E-state index contributed by atoms with van der Waals surface area (Å²) in [5, 5.41) is 3.83. The largest absolute Gasteiger partial charge is 0.307 e. The van der Waals surface area contributed by atoms with Crippen LogP contribution >= 0.6 is 15.9 Å². The lowest BCUT2D eigenvalue weighted by Gasteiger charge is -2.23. The summed E-state index contributed by atoms with van der Waals surface area (Å²) in [5.74, 6) is 0.963. The molecule has 0 saturated heterocycles. The zero-order chi connectivity index (χ0) is 13.7. The van der Waals surface area contributed by atoms with E-state index in [2.05, 4.69) is 59.4 Å². The van der Waals surface area contributed by atoms with Gasteiger partial charge >= 0.3 is 0 Å². The topological polar surface area (TPSA) is 12.0 Å². The molecule has 0 aliphatic heterocycles. The predicted octanol–water partition coefficient (Wildman–Crippen LogP) is 5.46. The van der Waals surface area contributed by atoms with E-state index in [1.165, 1.54) is 48.6 Å². The van der Waals surface area contributed by atoms with E-state index in [1.807, 2.05) is 0 Å². The number of hydrogen-bond acceptors (Lipinski definition) is 1. The predicted molar refractivity (Wildman–Crippen MR) is 86.3 cm³/mol. The summed E-state index contributed by atoms with van der Waals surface area (Å²) < 4.78 is 1.22. The second-order valence-electron chi connectivity index (χ2n) is 5.89. The van der Waals surface area contributed by atoms with Crippen LogP contribution in [-0.4, -0.2) is 6.04 Å². The van der Waals surface area contributed by atoms with Crippen LogP contribution < -0.4 is 5.32 Å². The second-order valence-corrected chi connectivity index (χ2v) is 6.74. The van der Waals surface area contributed by atoms with Crippen molar-refractivity contribution in [3.05, 3.63) is 34.3 Å². The van der Waals surface area contributed by atoms with Gasteiger partial charge in [0, 0.05) is 16.6 Å². The quantitative estimate of drug-likeness (QED) is 0.725. The van der Waals surface area contributed by atoms with Gasteiger partial charge in [0.15, 0.2) is 0 Å². The molecule has 0 aromatic heterocycles. The van der Waals surface area contributed by atoms with E-state index in [1.54, 1.807) is 0 Å². The summed E-state index contributed by atoms with van der Waals surface area (Å²) >= 11 is 3.66. The van der Waals surface area contributed by atoms with Gasteiger partial charge in [-0.25, -0.2) is 0 Å². The highest BCUT2D eigenvalue weighted by Crippen LogP contribution is 2.28. The van der Waals surface area contributed by atoms with Crippen LogP contribution in [0.1, 0.15) is 64.0 Å². The van der Waals surface area contributed by atoms with E-state index in [4.69, 9.17) is 0 Å². The van der Waals surface area contributed by atoms with Gasteiger partial charge in [0.2, 0.25) is 0 Å². The number of nitrogens with one attached hydrogen (secondary N) is 1. The minimum atomic E-state index is 0.429. The Morgan fingerprint density at radius 1 is 1.21 bits per heavy atom. The summed E-state index contributed by atoms with van der Waals surface area (Å²) in [6.45, 7) is 4.62. The zero-order valence-electron chi connectivity index (χ0n) is 12.2. The van der Waals surface area contributed by atoms with E-state index < -0.39 is 0 Å². The molecule has 19 heavy (non-hydrogen) atoms. The molecule has 1 nitrogen and oxygen atoms in total. The molecule has 106 valence electrons. The average Bonchev–Trinajstić information content (AvgIpc) is 2.64. The molecule has 3 unspecified atom stereocenters. The first-order valence-corrected chi connectivity index (χ1v) is 8.50. The van der Waals surface area contributed by atoms with Crippen molar-refractivity contribution in [3.8, 4) is 0 Å². The molecule has 1 aromatic rings. The maximum absolute atomic E-state index is 3.83. The number of benzene rings is 1. The Kier molecular flexibility index (Phi) is 5.90. The van der Waals surface area contributed by atoms with Crippen molar-refractivity contribution in [1.29, 1.82) is 0 Å². The van der Waals surface area contributed by atoms with Crippen LogP contribution in [0.2, 0.25) is 0 Å². The normalized spacial score (nSPS) is 25.8. The summed E-state index contributed by atoms with van der Waals surface area (Å²) in [4.78, 5) is 0. The molecular weight excluding hydrogens is 298 g/mol. The molecular formula is C17H26BrN. The monoisotopic (exact) mass is 323 g/mol. The van der Waals surface area contributed by atoms with E-state index >= 15 is 0 Å². The molecule has 1 aromatic carbocycles. The third-order valence-corrected chi connectivity index (χ3v) is 5.25. The number of halogens is 1. The van der Waals surface area contributed by atoms with Crippen LogP contribution in [0.4, 0.5) is 0 Å². The molecule has 2 heteroatoms. The second kappa shape index (κ2) is 7.44. The van der Waals surface area contributed by atoms with Crippen LogP contribution in [0.25, 0.3) is 0 Å². The number of rotatable bonds is 4. The fraction of sp³-hybridized carbons (Fsp3) is 0.647. The van der Waals surface area contributed by atoms with Gasteiger partial charge in [-0.15, -0.1) is 0 Å². The molecule has 0 amide bonds. The fourth-order valence-corrected chi connectivity index (χ4v) is 3.85. The van der Waals surface area contributed by atoms with E-state index in [0.717, 1.165) is 5.92 Å². The molecule has 0 heterocycles. The summed E-state index contributed by atoms with van der Waals surface area (Å²) in [5.41, 5.74) is 1.37. The maximum Gasteiger partial charge on any atom is 0.0305 e. The summed E-state index contributed by atoms with van der Waals surface area (Å²) in [6, 6.07) is 9.68. The highest BCUT2D eigenvalue weighted by atomic mass is 79.9. The van der Waals surface area contributed by atoms with Crippen LogP contribution in [0, 0.1) is 5.92 Å². The summed E-state index contributed by atoms with van der Waals surface area (Å²) in [6.07, 6.45) is 8.25. The van der Waals surface area contributed by atoms with Crippen molar-refractivity contribution in [3.63, 3.8) is 0 Å². The molecule has 0 radical (unpaired) electrons. The van der Waals surface area contributed by atoms with Gasteiger partial charge < -0.3 is 5.32 Å². The molecule has 3 atom stereocenters. The van der Waals surface area contributed by atoms with Crippen molar-refractivity contribution >= 4 is 15.9 Å². The van der Waals surface area contributed by atoms with Gasteiger partial charge in [-0.2, -0.15) is 0 Å². The Balaban J connectivity index is 1.92. The lowest BCUT2D eigenvalue weighted by atomic mass is 9.97. The van der Waals surface area contributed by atoms with Gasteiger partial charge in [-0.05, 0) is 43.7 Å². The minimum absolute atomic E-state index is 0.429. The standard InChI is InChI=1S/C17H26BrN/c1-3-14-7-6-8-15(12-11-14)19-13(2)16-9-4-5-10-17(16)18/h4-5,9-10,13-15,19H,3,6-8,11-12H2,1-2H3. The smallest absolute Gasteiger partial charge is 0.0305 e. The van der Waals surface area contributed by atoms with Crippen molar-refractivity contribution in [2.75, 3.05) is 0 Å². The van der Waals surface area contributed by atoms with Crippen LogP contribution in [0.5, 0.6) is 0 Å². The third-order valence-electron chi connectivity index (χ3n) is 4.52. The molecule has 0 bridgehead atoms. The van der Waals surface area contributed by atoms with Crippen molar-refractivity contribution < 1.29 is 0 Å². The zero-order valence-corrected chi connectivity index (χ0v) is 13.7. The van der Waals surface area contributed by atoms with E-state index in [0.29, 0.717) is 12.1 Å². The molecule has 1 aliphatic rings. The first-order chi connectivity index (χ1) is 9.20. The average molecular weight is 324 g/mol. The molecule has 0 spiro atoms. The summed E-state index contributed by atoms with van der Waals surface area (Å²) in [7, 11) is 0. The Morgan fingerprint density at radius 3 is 2.74 bits per heavy atom. The Bertz CT molecular complexity index is 391. The van der Waals surface area contributed by atoms with Gasteiger partial charge in [0.05, 0.1) is 0 Å². The fourth-order valence-electron chi connectivity index (χ4n) is 3.22. The van der Waals surface area contributed by atoms with Crippen LogP contribution in [0.3, 0.4) is 0 Å². The van der Waals surface area contributed by atoms with Gasteiger partial charge in [-0.1, -0.05) is 60.3 Å². The Morgan fingerprint density at radius 2 is 2.00 bits per heavy atom. The van der Waals surface area contributed by atoms with E-state index in [-0.39, 0.29) is 0 Å². The Labute approximate surface area is 126 Å². The lowest BCUT2D eigenvalue weighted by Crippen LogP contribution is -2.31. The molecule has 1 fully saturated rings. The van der Waals surface area contributed by atoms with Crippen LogP contribution in [0.15, 0.2) is 28.7 Å². The highest BCUT2D eigenvalue weighted by Gasteiger charge is 2.20. The van der Waals surface area contributed by atoms with Crippen molar-refractivity contribution in [2.24, 2.45) is 5.92 Å². The number of hydrogen-bond donors (Lipinski definition) is 1. The molecule has 1 saturated carbocycles. The van der Waals surface area contributed by atoms with Crippen molar-refractivity contribution in [1.82, 2.24) is 5.32 Å². The first kappa shape index (κ1) is 15.1. The van der Waals surface area contributed by atoms with Gasteiger partial charge in [-0.3, -0.25) is 0 Å².